The van der Waals surface area contributed by atoms with Crippen LogP contribution in [-0.2, 0) is 0 Å². The van der Waals surface area contributed by atoms with Crippen LogP contribution in [0.2, 0.25) is 0 Å². The predicted molar refractivity (Wildman–Crippen MR) is 106 cm³/mol. The van der Waals surface area contributed by atoms with Crippen molar-refractivity contribution in [1.29, 1.82) is 0 Å². The molecule has 0 nitrogen and oxygen atoms in total. The molecular formula is C20H34Br2F2. The van der Waals surface area contributed by atoms with E-state index in [-0.39, 0.29) is 0 Å². The molecule has 24 heavy (non-hydrogen) atoms. The molecule has 0 spiro atoms. The Hall–Kier alpha value is 0.820. The van der Waals surface area contributed by atoms with Crippen molar-refractivity contribution in [2.24, 2.45) is 23.7 Å². The summed E-state index contributed by atoms with van der Waals surface area (Å²) in [7, 11) is 0. The minimum atomic E-state index is -2.78. The summed E-state index contributed by atoms with van der Waals surface area (Å²) in [5.74, 6) is 3.25. The molecule has 0 saturated heterocycles. The fraction of sp³-hybridized carbons (Fsp3) is 1.00. The van der Waals surface area contributed by atoms with Crippen LogP contribution in [0, 0.1) is 23.7 Å². The van der Waals surface area contributed by atoms with Gasteiger partial charge in [-0.1, -0.05) is 74.2 Å². The summed E-state index contributed by atoms with van der Waals surface area (Å²) in [5, 5.41) is 0. The molecule has 2 fully saturated rings. The zero-order chi connectivity index (χ0) is 17.6. The average Bonchev–Trinajstić information content (AvgIpc) is 2.56. The van der Waals surface area contributed by atoms with Crippen molar-refractivity contribution >= 4 is 31.9 Å². The first-order chi connectivity index (χ1) is 11.4. The first-order valence-corrected chi connectivity index (χ1v) is 11.8. The van der Waals surface area contributed by atoms with Crippen LogP contribution in [0.4, 0.5) is 8.78 Å². The summed E-state index contributed by atoms with van der Waals surface area (Å²) >= 11 is 5.65. The third kappa shape index (κ3) is 6.85. The molecule has 0 aliphatic heterocycles. The number of halogens is 4. The SMILES string of the molecule is CCCCC[C@H]1CC[C@H](C2CCC(CC(Br)C(F)(F)Br)CC2)CC1. The van der Waals surface area contributed by atoms with Crippen LogP contribution in [0.5, 0.6) is 0 Å². The van der Waals surface area contributed by atoms with Crippen molar-refractivity contribution < 1.29 is 8.78 Å². The van der Waals surface area contributed by atoms with E-state index in [1.165, 1.54) is 64.2 Å². The topological polar surface area (TPSA) is 0 Å². The van der Waals surface area contributed by atoms with Gasteiger partial charge in [-0.05, 0) is 71.7 Å². The Balaban J connectivity index is 1.65. The van der Waals surface area contributed by atoms with Gasteiger partial charge in [-0.3, -0.25) is 0 Å². The Morgan fingerprint density at radius 2 is 1.38 bits per heavy atom. The molecule has 0 aromatic rings. The summed E-state index contributed by atoms with van der Waals surface area (Å²) in [5.41, 5.74) is 0. The minimum absolute atomic E-state index is 0.472. The van der Waals surface area contributed by atoms with Crippen LogP contribution in [-0.4, -0.2) is 9.66 Å². The van der Waals surface area contributed by atoms with Crippen molar-refractivity contribution in [1.82, 2.24) is 0 Å². The first-order valence-electron chi connectivity index (χ1n) is 10.1. The summed E-state index contributed by atoms with van der Waals surface area (Å²) in [6, 6.07) is 0. The third-order valence-electron chi connectivity index (χ3n) is 6.56. The molecule has 1 unspecified atom stereocenters. The van der Waals surface area contributed by atoms with E-state index in [1.54, 1.807) is 0 Å². The van der Waals surface area contributed by atoms with Gasteiger partial charge in [0.25, 0.3) is 0 Å². The highest BCUT2D eigenvalue weighted by atomic mass is 79.9. The lowest BCUT2D eigenvalue weighted by Gasteiger charge is -2.38. The van der Waals surface area contributed by atoms with Crippen molar-refractivity contribution in [3.05, 3.63) is 0 Å². The molecule has 1 atom stereocenters. The normalized spacial score (nSPS) is 33.4. The smallest absolute Gasteiger partial charge is 0.193 e. The molecule has 0 amide bonds. The molecule has 0 heterocycles. The zero-order valence-electron chi connectivity index (χ0n) is 15.1. The Morgan fingerprint density at radius 3 is 1.83 bits per heavy atom. The van der Waals surface area contributed by atoms with Crippen LogP contribution in [0.3, 0.4) is 0 Å². The van der Waals surface area contributed by atoms with E-state index in [0.717, 1.165) is 30.6 Å². The average molecular weight is 472 g/mol. The number of hydrogen-bond donors (Lipinski definition) is 0. The molecular weight excluding hydrogens is 438 g/mol. The second kappa shape index (κ2) is 10.2. The van der Waals surface area contributed by atoms with E-state index in [4.69, 9.17) is 0 Å². The highest BCUT2D eigenvalue weighted by molar-refractivity contribution is 9.12. The Bertz CT molecular complexity index is 340. The largest absolute Gasteiger partial charge is 0.313 e. The van der Waals surface area contributed by atoms with Crippen molar-refractivity contribution in [3.8, 4) is 0 Å². The van der Waals surface area contributed by atoms with Crippen LogP contribution in [0.15, 0.2) is 0 Å². The fourth-order valence-corrected chi connectivity index (χ4v) is 5.67. The highest BCUT2D eigenvalue weighted by Crippen LogP contribution is 2.44. The number of unbranched alkanes of at least 4 members (excludes halogenated alkanes) is 2. The van der Waals surface area contributed by atoms with Gasteiger partial charge in [-0.25, -0.2) is 0 Å². The van der Waals surface area contributed by atoms with Gasteiger partial charge in [0.1, 0.15) is 0 Å². The quantitative estimate of drug-likeness (QED) is 0.246. The highest BCUT2D eigenvalue weighted by Gasteiger charge is 2.37. The molecule has 0 N–H and O–H groups in total. The van der Waals surface area contributed by atoms with E-state index in [1.807, 2.05) is 0 Å². The maximum Gasteiger partial charge on any atom is 0.313 e. The van der Waals surface area contributed by atoms with Gasteiger partial charge in [0.2, 0.25) is 0 Å². The van der Waals surface area contributed by atoms with E-state index in [0.29, 0.717) is 12.3 Å². The van der Waals surface area contributed by atoms with E-state index in [2.05, 4.69) is 38.8 Å². The lowest BCUT2D eigenvalue weighted by atomic mass is 9.68. The van der Waals surface area contributed by atoms with E-state index < -0.39 is 9.66 Å². The summed E-state index contributed by atoms with van der Waals surface area (Å²) in [6.45, 7) is 2.28. The fourth-order valence-electron chi connectivity index (χ4n) is 4.95. The van der Waals surface area contributed by atoms with Gasteiger partial charge in [0.05, 0.1) is 4.83 Å². The van der Waals surface area contributed by atoms with Crippen LogP contribution in [0.25, 0.3) is 0 Å². The van der Waals surface area contributed by atoms with E-state index >= 15 is 0 Å². The molecule has 0 aromatic carbocycles. The predicted octanol–water partition coefficient (Wildman–Crippen LogP) is 8.32. The number of rotatable bonds is 8. The van der Waals surface area contributed by atoms with Gasteiger partial charge in [0, 0.05) is 0 Å². The molecule has 2 aliphatic carbocycles. The van der Waals surface area contributed by atoms with Gasteiger partial charge in [0.15, 0.2) is 0 Å². The molecule has 4 heteroatoms. The van der Waals surface area contributed by atoms with Crippen molar-refractivity contribution in [2.75, 3.05) is 0 Å². The summed E-state index contributed by atoms with van der Waals surface area (Å²) in [4.78, 5) is -3.51. The van der Waals surface area contributed by atoms with Gasteiger partial charge < -0.3 is 0 Å². The Kier molecular flexibility index (Phi) is 9.00. The molecule has 142 valence electrons. The summed E-state index contributed by atoms with van der Waals surface area (Å²) < 4.78 is 26.5. The van der Waals surface area contributed by atoms with Crippen molar-refractivity contribution in [2.45, 2.75) is 100 Å². The standard InChI is InChI=1S/C20H34Br2F2/c1-2-3-4-5-15-6-10-17(11-7-15)18-12-8-16(9-13-18)14-19(21)20(22,23)24/h15-19H,2-14H2,1H3/t15-,16?,17-,18?,19?. The third-order valence-corrected chi connectivity index (χ3v) is 8.68. The van der Waals surface area contributed by atoms with E-state index in [9.17, 15) is 8.78 Å². The summed E-state index contributed by atoms with van der Waals surface area (Å²) in [6.07, 6.45) is 16.7. The maximum absolute atomic E-state index is 13.3. The molecule has 2 saturated carbocycles. The molecule has 2 aliphatic rings. The Morgan fingerprint density at radius 1 is 0.875 bits per heavy atom. The molecule has 2 rings (SSSR count). The molecule has 0 bridgehead atoms. The van der Waals surface area contributed by atoms with Gasteiger partial charge >= 0.3 is 4.83 Å². The minimum Gasteiger partial charge on any atom is -0.193 e. The van der Waals surface area contributed by atoms with Gasteiger partial charge in [-0.2, -0.15) is 8.78 Å². The lowest BCUT2D eigenvalue weighted by Crippen LogP contribution is -2.29. The van der Waals surface area contributed by atoms with Crippen LogP contribution >= 0.6 is 31.9 Å². The lowest BCUT2D eigenvalue weighted by molar-refractivity contribution is 0.0932. The second-order valence-corrected chi connectivity index (χ2v) is 10.5. The van der Waals surface area contributed by atoms with Crippen molar-refractivity contribution in [3.63, 3.8) is 0 Å². The Labute approximate surface area is 164 Å². The second-order valence-electron chi connectivity index (χ2n) is 8.30. The number of hydrogen-bond acceptors (Lipinski definition) is 0. The molecule has 0 aromatic heterocycles. The van der Waals surface area contributed by atoms with Crippen LogP contribution in [0.1, 0.15) is 90.4 Å². The number of alkyl halides is 4. The van der Waals surface area contributed by atoms with Gasteiger partial charge in [-0.15, -0.1) is 0 Å². The maximum atomic E-state index is 13.3. The monoisotopic (exact) mass is 470 g/mol. The zero-order valence-corrected chi connectivity index (χ0v) is 18.3. The first kappa shape index (κ1) is 21.1. The molecule has 0 radical (unpaired) electrons. The van der Waals surface area contributed by atoms with Crippen LogP contribution < -0.4 is 0 Å².